The Kier molecular flexibility index (Phi) is 3.25. The van der Waals surface area contributed by atoms with Crippen molar-refractivity contribution >= 4 is 17.5 Å². The summed E-state index contributed by atoms with van der Waals surface area (Å²) in [6.07, 6.45) is 8.22. The molecule has 0 radical (unpaired) electrons. The number of carbonyl (C=O) groups excluding carboxylic acids is 1. The second kappa shape index (κ2) is 4.88. The van der Waals surface area contributed by atoms with Gasteiger partial charge in [-0.05, 0) is 43.6 Å². The van der Waals surface area contributed by atoms with Crippen molar-refractivity contribution in [3.05, 3.63) is 29.0 Å². The number of hydrogen-bond donors (Lipinski definition) is 0. The van der Waals surface area contributed by atoms with E-state index >= 15 is 0 Å². The van der Waals surface area contributed by atoms with Gasteiger partial charge in [0.05, 0.1) is 10.6 Å². The molecule has 2 fully saturated rings. The van der Waals surface area contributed by atoms with Crippen molar-refractivity contribution in [3.63, 3.8) is 0 Å². The van der Waals surface area contributed by atoms with E-state index in [1.165, 1.54) is 25.7 Å². The summed E-state index contributed by atoms with van der Waals surface area (Å²) in [7, 11) is 0. The summed E-state index contributed by atoms with van der Waals surface area (Å²) in [5.41, 5.74) is 0.591. The highest BCUT2D eigenvalue weighted by atomic mass is 35.5. The first-order valence-corrected chi connectivity index (χ1v) is 7.00. The number of hydrogen-bond acceptors (Lipinski definition) is 2. The summed E-state index contributed by atoms with van der Waals surface area (Å²) < 4.78 is 0. The van der Waals surface area contributed by atoms with E-state index in [9.17, 15) is 4.79 Å². The first-order chi connectivity index (χ1) is 8.74. The lowest BCUT2D eigenvalue weighted by Crippen LogP contribution is -2.34. The highest BCUT2D eigenvalue weighted by molar-refractivity contribution is 6.33. The zero-order chi connectivity index (χ0) is 12.5. The van der Waals surface area contributed by atoms with E-state index in [0.717, 1.165) is 13.1 Å². The number of amides is 1. The van der Waals surface area contributed by atoms with Crippen molar-refractivity contribution in [3.8, 4) is 0 Å². The maximum Gasteiger partial charge on any atom is 0.255 e. The van der Waals surface area contributed by atoms with Gasteiger partial charge in [-0.25, -0.2) is 0 Å². The third kappa shape index (κ3) is 2.83. The fourth-order valence-corrected chi connectivity index (χ4v) is 2.38. The fraction of sp³-hybridized carbons (Fsp3) is 0.571. The molecule has 0 aliphatic heterocycles. The van der Waals surface area contributed by atoms with Gasteiger partial charge in [0.1, 0.15) is 0 Å². The Morgan fingerprint density at radius 3 is 2.39 bits per heavy atom. The molecule has 2 aliphatic carbocycles. The Hall–Kier alpha value is -1.09. The van der Waals surface area contributed by atoms with Gasteiger partial charge < -0.3 is 4.90 Å². The third-order valence-corrected chi connectivity index (χ3v) is 3.94. The van der Waals surface area contributed by atoms with Crippen molar-refractivity contribution in [2.24, 2.45) is 11.8 Å². The standard InChI is InChI=1S/C14H17ClN2O/c15-13-7-16-6-5-12(13)14(18)17(8-10-1-2-10)9-11-3-4-11/h5-7,10-11H,1-4,8-9H2. The van der Waals surface area contributed by atoms with Crippen LogP contribution < -0.4 is 0 Å². The van der Waals surface area contributed by atoms with E-state index in [2.05, 4.69) is 4.98 Å². The Morgan fingerprint density at radius 2 is 1.89 bits per heavy atom. The summed E-state index contributed by atoms with van der Waals surface area (Å²) in [6, 6.07) is 1.72. The molecule has 96 valence electrons. The molecule has 2 saturated carbocycles. The molecule has 1 heterocycles. The van der Waals surface area contributed by atoms with Gasteiger partial charge in [-0.3, -0.25) is 9.78 Å². The van der Waals surface area contributed by atoms with Crippen LogP contribution >= 0.6 is 11.6 Å². The molecule has 0 N–H and O–H groups in total. The van der Waals surface area contributed by atoms with Gasteiger partial charge in [0.2, 0.25) is 0 Å². The zero-order valence-corrected chi connectivity index (χ0v) is 11.1. The Balaban J connectivity index is 1.75. The third-order valence-electron chi connectivity index (χ3n) is 3.64. The van der Waals surface area contributed by atoms with Gasteiger partial charge in [-0.15, -0.1) is 0 Å². The van der Waals surface area contributed by atoms with Crippen LogP contribution in [-0.2, 0) is 0 Å². The van der Waals surface area contributed by atoms with Crippen LogP contribution in [0.4, 0.5) is 0 Å². The molecule has 3 nitrogen and oxygen atoms in total. The predicted molar refractivity (Wildman–Crippen MR) is 70.6 cm³/mol. The summed E-state index contributed by atoms with van der Waals surface area (Å²) in [5.74, 6) is 1.50. The monoisotopic (exact) mass is 264 g/mol. The molecule has 0 saturated heterocycles. The molecule has 18 heavy (non-hydrogen) atoms. The minimum atomic E-state index is 0.0706. The average Bonchev–Trinajstić information content (AvgIpc) is 3.23. The van der Waals surface area contributed by atoms with Gasteiger partial charge in [0, 0.05) is 25.5 Å². The number of rotatable bonds is 5. The predicted octanol–water partition coefficient (Wildman–Crippen LogP) is 3.00. The Bertz CT molecular complexity index is 441. The van der Waals surface area contributed by atoms with Crippen LogP contribution in [0.5, 0.6) is 0 Å². The molecule has 0 aromatic carbocycles. The largest absolute Gasteiger partial charge is 0.338 e. The topological polar surface area (TPSA) is 33.2 Å². The van der Waals surface area contributed by atoms with Gasteiger partial charge in [0.25, 0.3) is 5.91 Å². The summed E-state index contributed by atoms with van der Waals surface area (Å²) >= 11 is 6.06. The van der Waals surface area contributed by atoms with Crippen molar-refractivity contribution in [1.29, 1.82) is 0 Å². The van der Waals surface area contributed by atoms with Gasteiger partial charge in [-0.1, -0.05) is 11.6 Å². The molecule has 3 rings (SSSR count). The van der Waals surface area contributed by atoms with E-state index in [4.69, 9.17) is 11.6 Å². The normalized spacial score (nSPS) is 18.7. The number of halogens is 1. The maximum atomic E-state index is 12.5. The molecule has 1 aromatic rings. The minimum Gasteiger partial charge on any atom is -0.338 e. The van der Waals surface area contributed by atoms with Crippen molar-refractivity contribution < 1.29 is 4.79 Å². The Labute approximate surface area is 112 Å². The molecule has 1 amide bonds. The second-order valence-corrected chi connectivity index (χ2v) is 5.86. The molecule has 4 heteroatoms. The van der Waals surface area contributed by atoms with Crippen LogP contribution in [0.1, 0.15) is 36.0 Å². The quantitative estimate of drug-likeness (QED) is 0.819. The smallest absolute Gasteiger partial charge is 0.255 e. The van der Waals surface area contributed by atoms with Crippen LogP contribution in [0, 0.1) is 11.8 Å². The molecule has 0 atom stereocenters. The van der Waals surface area contributed by atoms with E-state index in [1.807, 2.05) is 4.90 Å². The van der Waals surface area contributed by atoms with Crippen molar-refractivity contribution in [2.45, 2.75) is 25.7 Å². The molecule has 0 unspecified atom stereocenters. The lowest BCUT2D eigenvalue weighted by Gasteiger charge is -2.23. The van der Waals surface area contributed by atoms with Crippen LogP contribution in [0.2, 0.25) is 5.02 Å². The average molecular weight is 265 g/mol. The lowest BCUT2D eigenvalue weighted by molar-refractivity contribution is 0.0739. The van der Waals surface area contributed by atoms with Crippen molar-refractivity contribution in [1.82, 2.24) is 9.88 Å². The van der Waals surface area contributed by atoms with Crippen LogP contribution in [0.25, 0.3) is 0 Å². The number of carbonyl (C=O) groups is 1. The molecule has 1 aromatic heterocycles. The van der Waals surface area contributed by atoms with Crippen LogP contribution in [0.3, 0.4) is 0 Å². The molecule has 2 aliphatic rings. The highest BCUT2D eigenvalue weighted by Gasteiger charge is 2.32. The second-order valence-electron chi connectivity index (χ2n) is 5.45. The fourth-order valence-electron chi connectivity index (χ4n) is 2.18. The van der Waals surface area contributed by atoms with E-state index in [1.54, 1.807) is 18.5 Å². The number of pyridine rings is 1. The summed E-state index contributed by atoms with van der Waals surface area (Å²) in [4.78, 5) is 18.4. The summed E-state index contributed by atoms with van der Waals surface area (Å²) in [5, 5.41) is 0.457. The highest BCUT2D eigenvalue weighted by Crippen LogP contribution is 2.34. The zero-order valence-electron chi connectivity index (χ0n) is 10.3. The number of aromatic nitrogens is 1. The van der Waals surface area contributed by atoms with Crippen LogP contribution in [-0.4, -0.2) is 28.9 Å². The van der Waals surface area contributed by atoms with E-state index < -0.39 is 0 Å². The van der Waals surface area contributed by atoms with Gasteiger partial charge in [-0.2, -0.15) is 0 Å². The first kappa shape index (κ1) is 12.0. The SMILES string of the molecule is O=C(c1ccncc1Cl)N(CC1CC1)CC1CC1. The van der Waals surface area contributed by atoms with E-state index in [0.29, 0.717) is 22.4 Å². The number of nitrogens with zero attached hydrogens (tertiary/aromatic N) is 2. The van der Waals surface area contributed by atoms with E-state index in [-0.39, 0.29) is 5.91 Å². The molecular weight excluding hydrogens is 248 g/mol. The molecule has 0 bridgehead atoms. The maximum absolute atomic E-state index is 12.5. The van der Waals surface area contributed by atoms with Crippen molar-refractivity contribution in [2.75, 3.05) is 13.1 Å². The first-order valence-electron chi connectivity index (χ1n) is 6.63. The van der Waals surface area contributed by atoms with Crippen LogP contribution in [0.15, 0.2) is 18.5 Å². The molecule has 0 spiro atoms. The minimum absolute atomic E-state index is 0.0706. The van der Waals surface area contributed by atoms with Gasteiger partial charge >= 0.3 is 0 Å². The summed E-state index contributed by atoms with van der Waals surface area (Å²) in [6.45, 7) is 1.79. The Morgan fingerprint density at radius 1 is 1.28 bits per heavy atom. The lowest BCUT2D eigenvalue weighted by atomic mass is 10.2. The molecular formula is C14H17ClN2O. The van der Waals surface area contributed by atoms with Gasteiger partial charge in [0.15, 0.2) is 0 Å².